The Bertz CT molecular complexity index is 692. The predicted molar refractivity (Wildman–Crippen MR) is 78.3 cm³/mol. The second-order valence-corrected chi connectivity index (χ2v) is 5.64. The number of aromatic nitrogens is 2. The molecule has 110 valence electrons. The second kappa shape index (κ2) is 4.92. The molecule has 0 aliphatic carbocycles. The lowest BCUT2D eigenvalue weighted by molar-refractivity contribution is -0.384. The Morgan fingerprint density at radius 2 is 2.05 bits per heavy atom. The van der Waals surface area contributed by atoms with Gasteiger partial charge >= 0.3 is 0 Å². The fraction of sp³-hybridized carbons (Fsp3) is 0.429. The van der Waals surface area contributed by atoms with Crippen LogP contribution in [0.5, 0.6) is 0 Å². The molecule has 1 aromatic heterocycles. The summed E-state index contributed by atoms with van der Waals surface area (Å²) < 4.78 is 0. The SMILES string of the molecule is CC1(O)CCN(c2ncnc3ccc([N+](=O)[O-])cc23)CC1. The number of anilines is 1. The fourth-order valence-electron chi connectivity index (χ4n) is 2.60. The van der Waals surface area contributed by atoms with Crippen molar-refractivity contribution in [2.45, 2.75) is 25.4 Å². The smallest absolute Gasteiger partial charge is 0.270 e. The van der Waals surface area contributed by atoms with E-state index in [1.165, 1.54) is 18.5 Å². The van der Waals surface area contributed by atoms with Gasteiger partial charge in [0.15, 0.2) is 0 Å². The Kier molecular flexibility index (Phi) is 3.21. The largest absolute Gasteiger partial charge is 0.390 e. The van der Waals surface area contributed by atoms with Gasteiger partial charge < -0.3 is 10.0 Å². The molecule has 0 saturated carbocycles. The van der Waals surface area contributed by atoms with Gasteiger partial charge in [0.05, 0.1) is 16.0 Å². The highest BCUT2D eigenvalue weighted by Crippen LogP contribution is 2.30. The number of aliphatic hydroxyl groups is 1. The van der Waals surface area contributed by atoms with Crippen LogP contribution in [0.4, 0.5) is 11.5 Å². The maximum Gasteiger partial charge on any atom is 0.270 e. The zero-order chi connectivity index (χ0) is 15.0. The molecule has 2 heterocycles. The third-order valence-electron chi connectivity index (χ3n) is 3.95. The van der Waals surface area contributed by atoms with Crippen LogP contribution in [-0.2, 0) is 0 Å². The molecule has 7 heteroatoms. The van der Waals surface area contributed by atoms with Crippen molar-refractivity contribution in [1.29, 1.82) is 0 Å². The monoisotopic (exact) mass is 288 g/mol. The highest BCUT2D eigenvalue weighted by atomic mass is 16.6. The Labute approximate surface area is 121 Å². The first-order valence-corrected chi connectivity index (χ1v) is 6.83. The molecule has 0 radical (unpaired) electrons. The molecule has 1 aliphatic heterocycles. The molecule has 1 fully saturated rings. The zero-order valence-electron chi connectivity index (χ0n) is 11.7. The molecule has 0 amide bonds. The summed E-state index contributed by atoms with van der Waals surface area (Å²) in [5.41, 5.74) is 0.0659. The highest BCUT2D eigenvalue weighted by Gasteiger charge is 2.28. The van der Waals surface area contributed by atoms with Crippen molar-refractivity contribution in [2.75, 3.05) is 18.0 Å². The van der Waals surface area contributed by atoms with Crippen LogP contribution < -0.4 is 4.90 Å². The molecule has 3 rings (SSSR count). The van der Waals surface area contributed by atoms with Crippen LogP contribution in [0.3, 0.4) is 0 Å². The quantitative estimate of drug-likeness (QED) is 0.670. The molecule has 0 atom stereocenters. The van der Waals surface area contributed by atoms with Crippen LogP contribution in [0.1, 0.15) is 19.8 Å². The summed E-state index contributed by atoms with van der Waals surface area (Å²) in [7, 11) is 0. The number of benzene rings is 1. The molecular formula is C14H16N4O3. The summed E-state index contributed by atoms with van der Waals surface area (Å²) in [6, 6.07) is 4.59. The van der Waals surface area contributed by atoms with E-state index in [0.717, 1.165) is 0 Å². The first-order chi connectivity index (χ1) is 9.96. The van der Waals surface area contributed by atoms with Gasteiger partial charge in [-0.3, -0.25) is 10.1 Å². The van der Waals surface area contributed by atoms with Crippen LogP contribution in [-0.4, -0.2) is 38.7 Å². The van der Waals surface area contributed by atoms with Crippen molar-refractivity contribution in [3.8, 4) is 0 Å². The molecule has 1 N–H and O–H groups in total. The molecule has 0 spiro atoms. The third-order valence-corrected chi connectivity index (χ3v) is 3.95. The summed E-state index contributed by atoms with van der Waals surface area (Å²) in [4.78, 5) is 21.0. The van der Waals surface area contributed by atoms with E-state index >= 15 is 0 Å². The topological polar surface area (TPSA) is 92.4 Å². The molecule has 0 unspecified atom stereocenters. The van der Waals surface area contributed by atoms with E-state index < -0.39 is 10.5 Å². The predicted octanol–water partition coefficient (Wildman–Crippen LogP) is 1.89. The van der Waals surface area contributed by atoms with Gasteiger partial charge in [-0.15, -0.1) is 0 Å². The maximum atomic E-state index is 10.9. The summed E-state index contributed by atoms with van der Waals surface area (Å²) in [5.74, 6) is 0.694. The lowest BCUT2D eigenvalue weighted by atomic mass is 9.94. The van der Waals surface area contributed by atoms with Crippen LogP contribution >= 0.6 is 0 Å². The highest BCUT2D eigenvalue weighted by molar-refractivity contribution is 5.91. The van der Waals surface area contributed by atoms with E-state index in [1.807, 2.05) is 11.8 Å². The van der Waals surface area contributed by atoms with Crippen molar-refractivity contribution in [3.05, 3.63) is 34.6 Å². The molecule has 1 saturated heterocycles. The Morgan fingerprint density at radius 1 is 1.33 bits per heavy atom. The van der Waals surface area contributed by atoms with E-state index in [1.54, 1.807) is 6.07 Å². The average Bonchev–Trinajstić information content (AvgIpc) is 2.46. The normalized spacial score (nSPS) is 17.9. The van der Waals surface area contributed by atoms with E-state index in [-0.39, 0.29) is 5.69 Å². The minimum absolute atomic E-state index is 0.0301. The van der Waals surface area contributed by atoms with Crippen molar-refractivity contribution in [1.82, 2.24) is 9.97 Å². The van der Waals surface area contributed by atoms with Crippen LogP contribution in [0.15, 0.2) is 24.5 Å². The standard InChI is InChI=1S/C14H16N4O3/c1-14(19)4-6-17(7-5-14)13-11-8-10(18(20)21)2-3-12(11)15-9-16-13/h2-3,8-9,19H,4-7H2,1H3. The molecular weight excluding hydrogens is 272 g/mol. The van der Waals surface area contributed by atoms with Gasteiger partial charge in [0.25, 0.3) is 5.69 Å². The van der Waals surface area contributed by atoms with Gasteiger partial charge in [-0.2, -0.15) is 0 Å². The number of nitrogens with zero attached hydrogens (tertiary/aromatic N) is 4. The van der Waals surface area contributed by atoms with Crippen LogP contribution in [0.2, 0.25) is 0 Å². The van der Waals surface area contributed by atoms with E-state index in [0.29, 0.717) is 42.7 Å². The van der Waals surface area contributed by atoms with Crippen molar-refractivity contribution >= 4 is 22.4 Å². The molecule has 1 aliphatic rings. The number of nitro groups is 1. The fourth-order valence-corrected chi connectivity index (χ4v) is 2.60. The summed E-state index contributed by atoms with van der Waals surface area (Å²) >= 11 is 0. The lowest BCUT2D eigenvalue weighted by Crippen LogP contribution is -2.42. The Hall–Kier alpha value is -2.28. The van der Waals surface area contributed by atoms with Gasteiger partial charge in [0, 0.05) is 30.6 Å². The molecule has 2 aromatic rings. The number of rotatable bonds is 2. The minimum Gasteiger partial charge on any atom is -0.390 e. The van der Waals surface area contributed by atoms with Gasteiger partial charge in [0.1, 0.15) is 12.1 Å². The van der Waals surface area contributed by atoms with Gasteiger partial charge in [-0.25, -0.2) is 9.97 Å². The number of nitro benzene ring substituents is 1. The number of hydrogen-bond acceptors (Lipinski definition) is 6. The van der Waals surface area contributed by atoms with Gasteiger partial charge in [-0.1, -0.05) is 0 Å². The summed E-state index contributed by atoms with van der Waals surface area (Å²) in [6.45, 7) is 3.16. The van der Waals surface area contributed by atoms with E-state index in [9.17, 15) is 15.2 Å². The third kappa shape index (κ3) is 2.64. The number of non-ortho nitro benzene ring substituents is 1. The van der Waals surface area contributed by atoms with E-state index in [2.05, 4.69) is 9.97 Å². The molecule has 21 heavy (non-hydrogen) atoms. The summed E-state index contributed by atoms with van der Waals surface area (Å²) in [5, 5.41) is 21.6. The first kappa shape index (κ1) is 13.7. The van der Waals surface area contributed by atoms with Crippen LogP contribution in [0, 0.1) is 10.1 Å². The number of piperidine rings is 1. The summed E-state index contributed by atoms with van der Waals surface area (Å²) in [6.07, 6.45) is 2.76. The van der Waals surface area contributed by atoms with Gasteiger partial charge in [0.2, 0.25) is 0 Å². The number of hydrogen-bond donors (Lipinski definition) is 1. The molecule has 0 bridgehead atoms. The van der Waals surface area contributed by atoms with Crippen molar-refractivity contribution in [2.24, 2.45) is 0 Å². The minimum atomic E-state index is -0.647. The first-order valence-electron chi connectivity index (χ1n) is 6.83. The average molecular weight is 288 g/mol. The Balaban J connectivity index is 2.02. The lowest BCUT2D eigenvalue weighted by Gasteiger charge is -2.36. The van der Waals surface area contributed by atoms with Gasteiger partial charge in [-0.05, 0) is 25.8 Å². The van der Waals surface area contributed by atoms with Crippen LogP contribution in [0.25, 0.3) is 10.9 Å². The molecule has 7 nitrogen and oxygen atoms in total. The zero-order valence-corrected chi connectivity index (χ0v) is 11.7. The Morgan fingerprint density at radius 3 is 2.71 bits per heavy atom. The number of fused-ring (bicyclic) bond motifs is 1. The van der Waals surface area contributed by atoms with E-state index in [4.69, 9.17) is 0 Å². The second-order valence-electron chi connectivity index (χ2n) is 5.64. The maximum absolute atomic E-state index is 10.9. The van der Waals surface area contributed by atoms with Crippen molar-refractivity contribution < 1.29 is 10.0 Å². The molecule has 1 aromatic carbocycles. The van der Waals surface area contributed by atoms with Crippen molar-refractivity contribution in [3.63, 3.8) is 0 Å².